The monoisotopic (exact) mass is 246 g/mol. The van der Waals surface area contributed by atoms with Gasteiger partial charge in [-0.1, -0.05) is 6.07 Å². The van der Waals surface area contributed by atoms with Gasteiger partial charge in [0.1, 0.15) is 0 Å². The van der Waals surface area contributed by atoms with E-state index in [2.05, 4.69) is 9.43 Å². The number of nitrogens with zero attached hydrogens (tertiary/aromatic N) is 3. The third kappa shape index (κ3) is 2.77. The molecule has 15 heavy (non-hydrogen) atoms. The summed E-state index contributed by atoms with van der Waals surface area (Å²) in [6.07, 6.45) is 0. The molecule has 0 heterocycles. The highest BCUT2D eigenvalue weighted by molar-refractivity contribution is 7.90. The Morgan fingerprint density at radius 1 is 1.47 bits per heavy atom. The van der Waals surface area contributed by atoms with Crippen LogP contribution >= 0.6 is 0 Å². The largest absolute Gasteiger partial charge is 0.768 e. The van der Waals surface area contributed by atoms with E-state index < -0.39 is 21.1 Å². The van der Waals surface area contributed by atoms with Crippen LogP contribution in [0.2, 0.25) is 0 Å². The van der Waals surface area contributed by atoms with Crippen LogP contribution in [0, 0.1) is 0 Å². The third-order valence-corrected chi connectivity index (χ3v) is 3.22. The molecule has 1 rings (SSSR count). The van der Waals surface area contributed by atoms with Crippen molar-refractivity contribution in [1.29, 1.82) is 0 Å². The van der Waals surface area contributed by atoms with Gasteiger partial charge in [0, 0.05) is 14.3 Å². The molecule has 1 aromatic carbocycles. The maximum atomic E-state index is 11.2. The van der Waals surface area contributed by atoms with E-state index in [-0.39, 0.29) is 9.79 Å². The minimum Gasteiger partial charge on any atom is -0.768 e. The van der Waals surface area contributed by atoms with Crippen LogP contribution < -0.4 is 0 Å². The molecule has 1 atom stereocenters. The second kappa shape index (κ2) is 4.41. The van der Waals surface area contributed by atoms with Crippen LogP contribution in [0.1, 0.15) is 0 Å². The van der Waals surface area contributed by atoms with Crippen LogP contribution in [0.3, 0.4) is 0 Å². The SMILES string of the molecule is [N-]=[N+]=NS(=O)(=O)c1cccc(S(=O)[O-])c1. The Labute approximate surface area is 87.7 Å². The van der Waals surface area contributed by atoms with Crippen molar-refractivity contribution in [3.05, 3.63) is 34.7 Å². The molecule has 0 radical (unpaired) electrons. The predicted molar refractivity (Wildman–Crippen MR) is 50.0 cm³/mol. The number of sulfonamides is 1. The number of benzene rings is 1. The first-order chi connectivity index (χ1) is 6.97. The minimum absolute atomic E-state index is 0.191. The van der Waals surface area contributed by atoms with Crippen molar-refractivity contribution in [2.24, 2.45) is 4.52 Å². The fraction of sp³-hybridized carbons (Fsp3) is 0. The summed E-state index contributed by atoms with van der Waals surface area (Å²) < 4.78 is 46.0. The lowest BCUT2D eigenvalue weighted by Gasteiger charge is -2.05. The fourth-order valence-corrected chi connectivity index (χ4v) is 2.04. The van der Waals surface area contributed by atoms with Crippen LogP contribution in [-0.4, -0.2) is 17.2 Å². The van der Waals surface area contributed by atoms with E-state index in [4.69, 9.17) is 5.53 Å². The molecule has 0 bridgehead atoms. The lowest BCUT2D eigenvalue weighted by molar-refractivity contribution is 0.537. The van der Waals surface area contributed by atoms with E-state index in [0.717, 1.165) is 12.1 Å². The summed E-state index contributed by atoms with van der Waals surface area (Å²) in [4.78, 5) is 1.59. The van der Waals surface area contributed by atoms with Gasteiger partial charge in [-0.3, -0.25) is 4.21 Å². The molecule has 0 aliphatic rings. The summed E-state index contributed by atoms with van der Waals surface area (Å²) in [6.45, 7) is 0. The highest BCUT2D eigenvalue weighted by Gasteiger charge is 2.11. The van der Waals surface area contributed by atoms with E-state index in [0.29, 0.717) is 0 Å². The molecular weight excluding hydrogens is 242 g/mol. The average Bonchev–Trinajstić information content (AvgIpc) is 2.18. The Hall–Kier alpha value is -1.41. The van der Waals surface area contributed by atoms with Gasteiger partial charge in [-0.25, -0.2) is 8.42 Å². The Balaban J connectivity index is 3.34. The van der Waals surface area contributed by atoms with Crippen LogP contribution in [0.25, 0.3) is 10.4 Å². The zero-order valence-electron chi connectivity index (χ0n) is 7.10. The third-order valence-electron chi connectivity index (χ3n) is 1.44. The summed E-state index contributed by atoms with van der Waals surface area (Å²) >= 11 is -2.53. The first kappa shape index (κ1) is 11.7. The van der Waals surface area contributed by atoms with Gasteiger partial charge in [-0.15, -0.1) is 0 Å². The molecule has 1 unspecified atom stereocenters. The summed E-state index contributed by atoms with van der Waals surface area (Å²) in [6, 6.07) is 4.51. The van der Waals surface area contributed by atoms with E-state index in [1.807, 2.05) is 0 Å². The lowest BCUT2D eigenvalue weighted by Crippen LogP contribution is -1.97. The van der Waals surface area contributed by atoms with Crippen LogP contribution in [-0.2, 0) is 21.1 Å². The standard InChI is InChI=1S/C6H5N3O4S2/c7-8-9-15(12,13)6-3-1-2-5(4-6)14(10)11/h1-4H,(H,10,11)/p-1. The first-order valence-corrected chi connectivity index (χ1v) is 5.99. The molecule has 0 spiro atoms. The van der Waals surface area contributed by atoms with Crippen molar-refractivity contribution in [3.8, 4) is 0 Å². The van der Waals surface area contributed by atoms with Gasteiger partial charge in [-0.05, 0) is 34.8 Å². The van der Waals surface area contributed by atoms with Crippen LogP contribution in [0.15, 0.2) is 38.6 Å². The fourth-order valence-electron chi connectivity index (χ4n) is 0.834. The van der Waals surface area contributed by atoms with Crippen LogP contribution in [0.5, 0.6) is 0 Å². The number of azide groups is 1. The molecule has 0 N–H and O–H groups in total. The second-order valence-corrected chi connectivity index (χ2v) is 4.88. The van der Waals surface area contributed by atoms with Gasteiger partial charge in [0.25, 0.3) is 10.0 Å². The second-order valence-electron chi connectivity index (χ2n) is 2.36. The van der Waals surface area contributed by atoms with Gasteiger partial charge in [0.2, 0.25) is 0 Å². The maximum Gasteiger partial charge on any atom is 0.264 e. The zero-order chi connectivity index (χ0) is 11.5. The highest BCUT2D eigenvalue weighted by Crippen LogP contribution is 2.15. The number of hydrogen-bond acceptors (Lipinski definition) is 4. The smallest absolute Gasteiger partial charge is 0.264 e. The molecule has 0 aromatic heterocycles. The van der Waals surface area contributed by atoms with Crippen LogP contribution in [0.4, 0.5) is 0 Å². The maximum absolute atomic E-state index is 11.2. The average molecular weight is 246 g/mol. The van der Waals surface area contributed by atoms with Gasteiger partial charge in [0.05, 0.1) is 4.90 Å². The Kier molecular flexibility index (Phi) is 3.43. The van der Waals surface area contributed by atoms with Gasteiger partial charge < -0.3 is 4.55 Å². The van der Waals surface area contributed by atoms with Gasteiger partial charge >= 0.3 is 0 Å². The van der Waals surface area contributed by atoms with E-state index >= 15 is 0 Å². The molecule has 0 saturated carbocycles. The molecule has 0 saturated heterocycles. The summed E-state index contributed by atoms with van der Waals surface area (Å²) in [5, 5.41) is 0. The minimum atomic E-state index is -4.13. The summed E-state index contributed by atoms with van der Waals surface area (Å²) in [5.74, 6) is 0. The molecule has 9 heteroatoms. The van der Waals surface area contributed by atoms with E-state index in [1.54, 1.807) is 0 Å². The molecule has 0 aliphatic heterocycles. The normalized spacial score (nSPS) is 12.9. The molecular formula is C6H4N3O4S2-. The Morgan fingerprint density at radius 2 is 2.13 bits per heavy atom. The summed E-state index contributed by atoms with van der Waals surface area (Å²) in [5.41, 5.74) is 8.00. The number of hydrogen-bond donors (Lipinski definition) is 0. The first-order valence-electron chi connectivity index (χ1n) is 3.48. The zero-order valence-corrected chi connectivity index (χ0v) is 8.73. The van der Waals surface area contributed by atoms with Crippen molar-refractivity contribution in [3.63, 3.8) is 0 Å². The van der Waals surface area contributed by atoms with E-state index in [1.165, 1.54) is 12.1 Å². The molecule has 80 valence electrons. The molecule has 0 amide bonds. The van der Waals surface area contributed by atoms with Gasteiger partial charge in [0.15, 0.2) is 0 Å². The van der Waals surface area contributed by atoms with Crippen molar-refractivity contribution in [2.75, 3.05) is 0 Å². The van der Waals surface area contributed by atoms with Crippen molar-refractivity contribution in [1.82, 2.24) is 0 Å². The summed E-state index contributed by atoms with van der Waals surface area (Å²) in [7, 11) is -4.13. The lowest BCUT2D eigenvalue weighted by atomic mass is 10.4. The quantitative estimate of drug-likeness (QED) is 0.340. The number of rotatable bonds is 3. The van der Waals surface area contributed by atoms with Gasteiger partial charge in [-0.2, -0.15) is 0 Å². The predicted octanol–water partition coefficient (Wildman–Crippen LogP) is 0.924. The van der Waals surface area contributed by atoms with Crippen molar-refractivity contribution >= 4 is 21.1 Å². The Morgan fingerprint density at radius 3 is 2.67 bits per heavy atom. The molecule has 0 aliphatic carbocycles. The molecule has 7 nitrogen and oxygen atoms in total. The Bertz CT molecular complexity index is 547. The topological polar surface area (TPSA) is 123 Å². The van der Waals surface area contributed by atoms with Crippen molar-refractivity contribution in [2.45, 2.75) is 9.79 Å². The molecule has 1 aromatic rings. The highest BCUT2D eigenvalue weighted by atomic mass is 32.2. The molecule has 0 fully saturated rings. The van der Waals surface area contributed by atoms with Crippen molar-refractivity contribution < 1.29 is 17.2 Å². The van der Waals surface area contributed by atoms with E-state index in [9.17, 15) is 17.2 Å².